The van der Waals surface area contributed by atoms with Crippen LogP contribution in [0.3, 0.4) is 0 Å². The first-order chi connectivity index (χ1) is 15.3. The molecular weight excluding hydrogens is 419 g/mol. The van der Waals surface area contributed by atoms with E-state index in [4.69, 9.17) is 5.73 Å². The molecule has 1 fully saturated rings. The lowest BCUT2D eigenvalue weighted by molar-refractivity contribution is -0.137. The first kappa shape index (κ1) is 21.7. The van der Waals surface area contributed by atoms with Crippen LogP contribution in [-0.2, 0) is 12.7 Å². The number of benzene rings is 1. The van der Waals surface area contributed by atoms with E-state index < -0.39 is 17.6 Å². The summed E-state index contributed by atoms with van der Waals surface area (Å²) >= 11 is 0. The summed E-state index contributed by atoms with van der Waals surface area (Å²) in [5.74, 6) is 0.575. The number of pyridine rings is 1. The third kappa shape index (κ3) is 4.87. The minimum absolute atomic E-state index is 0.314. The van der Waals surface area contributed by atoms with Crippen LogP contribution in [0.1, 0.15) is 58.8 Å². The maximum atomic E-state index is 12.7. The van der Waals surface area contributed by atoms with Crippen LogP contribution in [0.5, 0.6) is 0 Å². The average Bonchev–Trinajstić information content (AvgIpc) is 3.32. The number of hydrogen-bond donors (Lipinski definition) is 2. The number of nitrogens with zero attached hydrogens (tertiary/aromatic N) is 3. The van der Waals surface area contributed by atoms with Crippen LogP contribution in [0, 0.1) is 0 Å². The normalized spacial score (nSPS) is 14.5. The topological polar surface area (TPSA) is 93.8 Å². The van der Waals surface area contributed by atoms with Crippen LogP contribution in [0.4, 0.5) is 19.0 Å². The Morgan fingerprint density at radius 1 is 1.03 bits per heavy atom. The lowest BCUT2D eigenvalue weighted by atomic mass is 10.0. The van der Waals surface area contributed by atoms with Crippen LogP contribution in [0.15, 0.2) is 48.8 Å². The van der Waals surface area contributed by atoms with Gasteiger partial charge in [0.05, 0.1) is 11.1 Å². The Kier molecular flexibility index (Phi) is 6.07. The summed E-state index contributed by atoms with van der Waals surface area (Å²) in [7, 11) is 0. The van der Waals surface area contributed by atoms with E-state index in [2.05, 4.69) is 20.3 Å². The molecule has 2 heterocycles. The molecule has 2 aromatic heterocycles. The number of carbonyl (C=O) groups is 1. The second kappa shape index (κ2) is 8.94. The molecule has 0 unspecified atom stereocenters. The fourth-order valence-corrected chi connectivity index (χ4v) is 3.85. The third-order valence-corrected chi connectivity index (χ3v) is 5.59. The van der Waals surface area contributed by atoms with Crippen molar-refractivity contribution in [2.45, 2.75) is 44.3 Å². The number of rotatable bonds is 6. The monoisotopic (exact) mass is 441 g/mol. The number of halogens is 3. The molecule has 4 rings (SSSR count). The van der Waals surface area contributed by atoms with Gasteiger partial charge < -0.3 is 11.1 Å². The number of amides is 1. The van der Waals surface area contributed by atoms with E-state index in [0.29, 0.717) is 35.2 Å². The zero-order valence-corrected chi connectivity index (χ0v) is 17.2. The molecule has 3 aromatic rings. The second-order valence-corrected chi connectivity index (χ2v) is 7.82. The highest BCUT2D eigenvalue weighted by Gasteiger charge is 2.30. The summed E-state index contributed by atoms with van der Waals surface area (Å²) in [6.45, 7) is 0.314. The van der Waals surface area contributed by atoms with E-state index >= 15 is 0 Å². The SMILES string of the molecule is NC(=O)c1ccc(C2CCCC2)nc1NCc1cnc(-c2ccc(C(F)(F)F)cc2)nc1. The Labute approximate surface area is 183 Å². The number of nitrogens with two attached hydrogens (primary N) is 1. The van der Waals surface area contributed by atoms with Crippen LogP contribution in [0.2, 0.25) is 0 Å². The molecule has 6 nitrogen and oxygen atoms in total. The van der Waals surface area contributed by atoms with Gasteiger partial charge in [-0.2, -0.15) is 13.2 Å². The van der Waals surface area contributed by atoms with Crippen molar-refractivity contribution in [2.75, 3.05) is 5.32 Å². The van der Waals surface area contributed by atoms with Gasteiger partial charge in [-0.15, -0.1) is 0 Å². The van der Waals surface area contributed by atoms with Crippen molar-refractivity contribution in [3.05, 3.63) is 71.2 Å². The third-order valence-electron chi connectivity index (χ3n) is 5.59. The molecule has 0 bridgehead atoms. The molecule has 0 spiro atoms. The molecule has 9 heteroatoms. The zero-order valence-electron chi connectivity index (χ0n) is 17.2. The number of aromatic nitrogens is 3. The standard InChI is InChI=1S/C23H22F3N5O/c24-23(25,26)17-7-5-16(6-8-17)21-28-11-14(12-29-21)13-30-22-18(20(27)32)9-10-19(31-22)15-3-1-2-4-15/h5-12,15H,1-4,13H2,(H2,27,32)(H,30,31). The van der Waals surface area contributed by atoms with E-state index in [1.54, 1.807) is 18.5 Å². The molecule has 1 saturated carbocycles. The maximum absolute atomic E-state index is 12.7. The van der Waals surface area contributed by atoms with Crippen molar-refractivity contribution in [3.8, 4) is 11.4 Å². The highest BCUT2D eigenvalue weighted by Crippen LogP contribution is 2.34. The Bertz CT molecular complexity index is 1090. The molecule has 0 radical (unpaired) electrons. The summed E-state index contributed by atoms with van der Waals surface area (Å²) in [5, 5.41) is 3.14. The summed E-state index contributed by atoms with van der Waals surface area (Å²) in [6, 6.07) is 8.26. The molecule has 0 saturated heterocycles. The predicted octanol–water partition coefficient (Wildman–Crippen LogP) is 4.93. The van der Waals surface area contributed by atoms with Crippen LogP contribution < -0.4 is 11.1 Å². The second-order valence-electron chi connectivity index (χ2n) is 7.82. The molecule has 166 valence electrons. The molecule has 0 aliphatic heterocycles. The maximum Gasteiger partial charge on any atom is 0.416 e. The Hall–Kier alpha value is -3.49. The van der Waals surface area contributed by atoms with Gasteiger partial charge in [-0.1, -0.05) is 25.0 Å². The zero-order chi connectivity index (χ0) is 22.7. The van der Waals surface area contributed by atoms with Crippen molar-refractivity contribution in [1.82, 2.24) is 15.0 Å². The van der Waals surface area contributed by atoms with Crippen molar-refractivity contribution >= 4 is 11.7 Å². The van der Waals surface area contributed by atoms with Gasteiger partial charge in [-0.3, -0.25) is 4.79 Å². The molecule has 1 aliphatic carbocycles. The van der Waals surface area contributed by atoms with Crippen molar-refractivity contribution in [3.63, 3.8) is 0 Å². The number of hydrogen-bond acceptors (Lipinski definition) is 5. The summed E-state index contributed by atoms with van der Waals surface area (Å²) in [6.07, 6.45) is 3.30. The average molecular weight is 441 g/mol. The fraction of sp³-hybridized carbons (Fsp3) is 0.304. The van der Waals surface area contributed by atoms with E-state index in [1.807, 2.05) is 6.07 Å². The number of nitrogens with one attached hydrogen (secondary N) is 1. The number of alkyl halides is 3. The van der Waals surface area contributed by atoms with Crippen molar-refractivity contribution in [2.24, 2.45) is 5.73 Å². The van der Waals surface area contributed by atoms with Gasteiger partial charge in [0, 0.05) is 41.7 Å². The summed E-state index contributed by atoms with van der Waals surface area (Å²) in [4.78, 5) is 24.9. The first-order valence-corrected chi connectivity index (χ1v) is 10.3. The Balaban J connectivity index is 1.47. The molecule has 3 N–H and O–H groups in total. The van der Waals surface area contributed by atoms with Gasteiger partial charge in [0.2, 0.25) is 0 Å². The molecule has 0 atom stereocenters. The number of carbonyl (C=O) groups excluding carboxylic acids is 1. The molecule has 1 aliphatic rings. The lowest BCUT2D eigenvalue weighted by Crippen LogP contribution is -2.16. The van der Waals surface area contributed by atoms with Crippen molar-refractivity contribution < 1.29 is 18.0 Å². The van der Waals surface area contributed by atoms with Crippen LogP contribution >= 0.6 is 0 Å². The van der Waals surface area contributed by atoms with Crippen molar-refractivity contribution in [1.29, 1.82) is 0 Å². The van der Waals surface area contributed by atoms with Gasteiger partial charge in [-0.25, -0.2) is 15.0 Å². The smallest absolute Gasteiger partial charge is 0.365 e. The van der Waals surface area contributed by atoms with Gasteiger partial charge in [0.1, 0.15) is 5.82 Å². The molecule has 1 amide bonds. The Morgan fingerprint density at radius 2 is 1.69 bits per heavy atom. The molecule has 32 heavy (non-hydrogen) atoms. The quantitative estimate of drug-likeness (QED) is 0.566. The fourth-order valence-electron chi connectivity index (χ4n) is 3.85. The predicted molar refractivity (Wildman–Crippen MR) is 114 cm³/mol. The van der Waals surface area contributed by atoms with E-state index in [9.17, 15) is 18.0 Å². The largest absolute Gasteiger partial charge is 0.416 e. The lowest BCUT2D eigenvalue weighted by Gasteiger charge is -2.14. The van der Waals surface area contributed by atoms with E-state index in [-0.39, 0.29) is 0 Å². The number of primary amides is 1. The molecule has 1 aromatic carbocycles. The molecular formula is C23H22F3N5O. The van der Waals surface area contributed by atoms with Gasteiger partial charge in [0.15, 0.2) is 5.82 Å². The van der Waals surface area contributed by atoms with Gasteiger partial charge in [0.25, 0.3) is 5.91 Å². The minimum Gasteiger partial charge on any atom is -0.365 e. The summed E-state index contributed by atoms with van der Waals surface area (Å²) < 4.78 is 38.2. The highest BCUT2D eigenvalue weighted by molar-refractivity contribution is 5.97. The highest BCUT2D eigenvalue weighted by atomic mass is 19.4. The Morgan fingerprint density at radius 3 is 2.28 bits per heavy atom. The van der Waals surface area contributed by atoms with E-state index in [0.717, 1.165) is 36.2 Å². The van der Waals surface area contributed by atoms with Gasteiger partial charge >= 0.3 is 6.18 Å². The van der Waals surface area contributed by atoms with Crippen LogP contribution in [0.25, 0.3) is 11.4 Å². The minimum atomic E-state index is -4.39. The summed E-state index contributed by atoms with van der Waals surface area (Å²) in [5.41, 5.74) is 7.25. The number of anilines is 1. The van der Waals surface area contributed by atoms with Crippen LogP contribution in [-0.4, -0.2) is 20.9 Å². The van der Waals surface area contributed by atoms with E-state index in [1.165, 1.54) is 25.0 Å². The first-order valence-electron chi connectivity index (χ1n) is 10.3. The van der Waals surface area contributed by atoms with Gasteiger partial charge in [-0.05, 0) is 37.1 Å².